The Bertz CT molecular complexity index is 697. The highest BCUT2D eigenvalue weighted by molar-refractivity contribution is 7.89. The van der Waals surface area contributed by atoms with Crippen molar-refractivity contribution in [2.45, 2.75) is 30.3 Å². The van der Waals surface area contributed by atoms with Gasteiger partial charge in [-0.15, -0.1) is 0 Å². The first kappa shape index (κ1) is 14.0. The van der Waals surface area contributed by atoms with Gasteiger partial charge in [0.2, 0.25) is 10.0 Å². The minimum atomic E-state index is -3.52. The topological polar surface area (TPSA) is 50.3 Å². The van der Waals surface area contributed by atoms with Crippen LogP contribution in [-0.2, 0) is 16.6 Å². The van der Waals surface area contributed by atoms with Crippen LogP contribution in [0.15, 0.2) is 40.1 Å². The highest BCUT2D eigenvalue weighted by Gasteiger charge is 2.38. The van der Waals surface area contributed by atoms with Gasteiger partial charge in [0.15, 0.2) is 0 Å². The van der Waals surface area contributed by atoms with Gasteiger partial charge in [0.05, 0.1) is 4.90 Å². The van der Waals surface area contributed by atoms with Crippen molar-refractivity contribution in [1.29, 1.82) is 0 Å². The van der Waals surface area contributed by atoms with Crippen molar-refractivity contribution in [2.75, 3.05) is 0 Å². The molecule has 2 aromatic rings. The van der Waals surface area contributed by atoms with Crippen LogP contribution in [0.4, 0.5) is 0 Å². The molecule has 0 unspecified atom stereocenters. The fourth-order valence-corrected chi connectivity index (χ4v) is 4.60. The lowest BCUT2D eigenvalue weighted by atomic mass is 10.3. The normalized spacial score (nSPS) is 15.7. The molecule has 0 atom stereocenters. The zero-order valence-electron chi connectivity index (χ0n) is 10.6. The second kappa shape index (κ2) is 5.44. The molecule has 20 heavy (non-hydrogen) atoms. The lowest BCUT2D eigenvalue weighted by molar-refractivity contribution is 0.399. The average Bonchev–Trinajstić information content (AvgIpc) is 3.12. The van der Waals surface area contributed by atoms with E-state index in [1.165, 1.54) is 18.3 Å². The van der Waals surface area contributed by atoms with Gasteiger partial charge in [-0.2, -0.15) is 15.6 Å². The van der Waals surface area contributed by atoms with Gasteiger partial charge in [-0.25, -0.2) is 13.4 Å². The van der Waals surface area contributed by atoms with Crippen molar-refractivity contribution in [3.63, 3.8) is 0 Å². The Kier molecular flexibility index (Phi) is 3.81. The van der Waals surface area contributed by atoms with Crippen LogP contribution in [0.1, 0.15) is 18.4 Å². The molecule has 106 valence electrons. The summed E-state index contributed by atoms with van der Waals surface area (Å²) in [6.07, 6.45) is 3.26. The third-order valence-electron chi connectivity index (χ3n) is 3.18. The molecule has 0 aromatic carbocycles. The van der Waals surface area contributed by atoms with Gasteiger partial charge in [-0.3, -0.25) is 0 Å². The molecule has 3 rings (SSSR count). The number of rotatable bonds is 5. The molecule has 0 aliphatic heterocycles. The summed E-state index contributed by atoms with van der Waals surface area (Å²) in [6, 6.07) is 4.95. The minimum Gasteiger partial charge on any atom is -0.244 e. The van der Waals surface area contributed by atoms with Crippen LogP contribution in [0.3, 0.4) is 0 Å². The Morgan fingerprint density at radius 2 is 2.20 bits per heavy atom. The van der Waals surface area contributed by atoms with Gasteiger partial charge in [-0.05, 0) is 47.4 Å². The monoisotopic (exact) mass is 328 g/mol. The molecule has 7 heteroatoms. The summed E-state index contributed by atoms with van der Waals surface area (Å²) in [5, 5.41) is 4.12. The predicted molar refractivity (Wildman–Crippen MR) is 79.3 cm³/mol. The number of hydrogen-bond donors (Lipinski definition) is 0. The standard InChI is InChI=1S/C13H13ClN2O2S2/c14-13-7-12(3-5-15-13)20(17,18)16(11-1-2-11)8-10-4-6-19-9-10/h3-7,9,11H,1-2,8H2. The van der Waals surface area contributed by atoms with Crippen molar-refractivity contribution in [1.82, 2.24) is 9.29 Å². The number of nitrogens with zero attached hydrogens (tertiary/aromatic N) is 2. The van der Waals surface area contributed by atoms with Gasteiger partial charge in [0.25, 0.3) is 0 Å². The second-order valence-electron chi connectivity index (χ2n) is 4.73. The summed E-state index contributed by atoms with van der Waals surface area (Å²) in [5.41, 5.74) is 1.02. The molecular formula is C13H13ClN2O2S2. The first-order chi connectivity index (χ1) is 9.57. The van der Waals surface area contributed by atoms with Crippen molar-refractivity contribution >= 4 is 33.0 Å². The minimum absolute atomic E-state index is 0.104. The van der Waals surface area contributed by atoms with E-state index in [2.05, 4.69) is 4.98 Å². The van der Waals surface area contributed by atoms with Gasteiger partial charge >= 0.3 is 0 Å². The van der Waals surface area contributed by atoms with E-state index in [9.17, 15) is 8.42 Å². The fraction of sp³-hybridized carbons (Fsp3) is 0.308. The maximum atomic E-state index is 12.7. The largest absolute Gasteiger partial charge is 0.244 e. The highest BCUT2D eigenvalue weighted by atomic mass is 35.5. The van der Waals surface area contributed by atoms with E-state index in [4.69, 9.17) is 11.6 Å². The summed E-state index contributed by atoms with van der Waals surface area (Å²) in [7, 11) is -3.52. The SMILES string of the molecule is O=S(=O)(c1ccnc(Cl)c1)N(Cc1ccsc1)C1CC1. The number of halogens is 1. The molecule has 1 aliphatic rings. The van der Waals surface area contributed by atoms with E-state index >= 15 is 0 Å². The summed E-state index contributed by atoms with van der Waals surface area (Å²) in [6.45, 7) is 0.413. The molecule has 0 saturated heterocycles. The van der Waals surface area contributed by atoms with Crippen molar-refractivity contribution < 1.29 is 8.42 Å². The first-order valence-electron chi connectivity index (χ1n) is 6.22. The van der Waals surface area contributed by atoms with Crippen LogP contribution < -0.4 is 0 Å². The molecule has 0 N–H and O–H groups in total. The molecule has 0 spiro atoms. The average molecular weight is 329 g/mol. The molecule has 0 radical (unpaired) electrons. The van der Waals surface area contributed by atoms with Crippen LogP contribution in [-0.4, -0.2) is 23.7 Å². The molecule has 0 bridgehead atoms. The quantitative estimate of drug-likeness (QED) is 0.792. The Labute approximate surface area is 127 Å². The summed E-state index contributed by atoms with van der Waals surface area (Å²) < 4.78 is 27.0. The fourth-order valence-electron chi connectivity index (χ4n) is 2.02. The molecule has 1 aliphatic carbocycles. The summed E-state index contributed by atoms with van der Waals surface area (Å²) in [4.78, 5) is 4.04. The lowest BCUT2D eigenvalue weighted by Gasteiger charge is -2.21. The van der Waals surface area contributed by atoms with Crippen molar-refractivity contribution in [3.8, 4) is 0 Å². The van der Waals surface area contributed by atoms with Crippen LogP contribution in [0.25, 0.3) is 0 Å². The van der Waals surface area contributed by atoms with E-state index in [0.29, 0.717) is 6.54 Å². The Hall–Kier alpha value is -0.950. The molecule has 0 amide bonds. The molecule has 2 heterocycles. The first-order valence-corrected chi connectivity index (χ1v) is 8.98. The van der Waals surface area contributed by atoms with Crippen LogP contribution in [0.5, 0.6) is 0 Å². The smallest absolute Gasteiger partial charge is 0.243 e. The molecule has 1 fully saturated rings. The molecule has 4 nitrogen and oxygen atoms in total. The van der Waals surface area contributed by atoms with Gasteiger partial charge < -0.3 is 0 Å². The molecular weight excluding hydrogens is 316 g/mol. The number of hydrogen-bond acceptors (Lipinski definition) is 4. The third kappa shape index (κ3) is 2.88. The maximum Gasteiger partial charge on any atom is 0.243 e. The van der Waals surface area contributed by atoms with Crippen molar-refractivity contribution in [2.24, 2.45) is 0 Å². The zero-order chi connectivity index (χ0) is 14.2. The Balaban J connectivity index is 1.94. The summed E-state index contributed by atoms with van der Waals surface area (Å²) >= 11 is 7.37. The number of aromatic nitrogens is 1. The van der Waals surface area contributed by atoms with Crippen molar-refractivity contribution in [3.05, 3.63) is 45.9 Å². The third-order valence-corrected chi connectivity index (χ3v) is 6.01. The van der Waals surface area contributed by atoms with Gasteiger partial charge in [-0.1, -0.05) is 11.6 Å². The summed E-state index contributed by atoms with van der Waals surface area (Å²) in [5.74, 6) is 0. The second-order valence-corrected chi connectivity index (χ2v) is 7.79. The van der Waals surface area contributed by atoms with Gasteiger partial charge in [0, 0.05) is 18.8 Å². The number of thiophene rings is 1. The van der Waals surface area contributed by atoms with E-state index in [1.54, 1.807) is 15.6 Å². The van der Waals surface area contributed by atoms with Crippen LogP contribution >= 0.6 is 22.9 Å². The van der Waals surface area contributed by atoms with E-state index < -0.39 is 10.0 Å². The number of sulfonamides is 1. The van der Waals surface area contributed by atoms with E-state index in [0.717, 1.165) is 18.4 Å². The zero-order valence-corrected chi connectivity index (χ0v) is 13.0. The molecule has 1 saturated carbocycles. The van der Waals surface area contributed by atoms with Crippen LogP contribution in [0.2, 0.25) is 5.15 Å². The van der Waals surface area contributed by atoms with E-state index in [1.807, 2.05) is 16.8 Å². The molecule has 2 aromatic heterocycles. The number of pyridine rings is 1. The van der Waals surface area contributed by atoms with E-state index in [-0.39, 0.29) is 16.1 Å². The van der Waals surface area contributed by atoms with Gasteiger partial charge in [0.1, 0.15) is 5.15 Å². The van der Waals surface area contributed by atoms with Crippen LogP contribution in [0, 0.1) is 0 Å². The Morgan fingerprint density at radius 1 is 1.40 bits per heavy atom. The predicted octanol–water partition coefficient (Wildman–Crippen LogP) is 3.15. The Morgan fingerprint density at radius 3 is 2.80 bits per heavy atom. The highest BCUT2D eigenvalue weighted by Crippen LogP contribution is 2.34. The lowest BCUT2D eigenvalue weighted by Crippen LogP contribution is -2.32. The maximum absolute atomic E-state index is 12.7.